The minimum atomic E-state index is 0.424. The van der Waals surface area contributed by atoms with E-state index in [1.54, 1.807) is 48.5 Å². The molecule has 0 amide bonds. The van der Waals surface area contributed by atoms with Gasteiger partial charge in [-0.15, -0.1) is 0 Å². The smallest absolute Gasteiger partial charge is 0.200 e. The Bertz CT molecular complexity index is 3930. The first-order valence-corrected chi connectivity index (χ1v) is 21.6. The third-order valence-corrected chi connectivity index (χ3v) is 12.7. The summed E-state index contributed by atoms with van der Waals surface area (Å²) in [5.41, 5.74) is 17.7. The highest BCUT2D eigenvalue weighted by Crippen LogP contribution is 2.45. The molecule has 0 saturated heterocycles. The van der Waals surface area contributed by atoms with Crippen LogP contribution in [0.3, 0.4) is 0 Å². The third kappa shape index (κ3) is 5.80. The molecule has 314 valence electrons. The maximum atomic E-state index is 9.52. The van der Waals surface area contributed by atoms with E-state index < -0.39 is 0 Å². The molecule has 0 aliphatic carbocycles. The largest absolute Gasteiger partial charge is 0.449 e. The summed E-state index contributed by atoms with van der Waals surface area (Å²) in [5, 5.41) is 28.6. The van der Waals surface area contributed by atoms with Crippen LogP contribution in [-0.4, -0.2) is 8.80 Å². The number of rotatable bonds is 4. The lowest BCUT2D eigenvalue weighted by molar-refractivity contribution is 0.597. The van der Waals surface area contributed by atoms with Crippen molar-refractivity contribution in [2.75, 3.05) is 0 Å². The molecule has 0 spiro atoms. The first kappa shape index (κ1) is 38.2. The summed E-state index contributed by atoms with van der Waals surface area (Å²) < 4.78 is 32.7. The van der Waals surface area contributed by atoms with Gasteiger partial charge in [0.2, 0.25) is 0 Å². The second-order valence-electron chi connectivity index (χ2n) is 16.5. The minimum absolute atomic E-state index is 0.424. The maximum Gasteiger partial charge on any atom is 0.200 e. The summed E-state index contributed by atoms with van der Waals surface area (Å²) in [5.74, 6) is 0. The van der Waals surface area contributed by atoms with Crippen molar-refractivity contribution in [2.45, 2.75) is 0 Å². The summed E-state index contributed by atoms with van der Waals surface area (Å²) in [6.45, 7) is 7.49. The van der Waals surface area contributed by atoms with Crippen molar-refractivity contribution in [2.24, 2.45) is 0 Å². The van der Waals surface area contributed by atoms with Crippen LogP contribution in [0.25, 0.3) is 127 Å². The normalized spacial score (nSPS) is 11.5. The van der Waals surface area contributed by atoms with Gasteiger partial charge in [-0.1, -0.05) is 84.9 Å². The highest BCUT2D eigenvalue weighted by Gasteiger charge is 2.27. The van der Waals surface area contributed by atoms with E-state index in [9.17, 15) is 15.8 Å². The van der Waals surface area contributed by atoms with E-state index in [1.807, 2.05) is 121 Å². The number of fused-ring (bicyclic) bond motifs is 10. The molecule has 4 heterocycles. The Labute approximate surface area is 384 Å². The Morgan fingerprint density at radius 2 is 0.588 bits per heavy atom. The van der Waals surface area contributed by atoms with Crippen molar-refractivity contribution in [3.63, 3.8) is 0 Å². The topological polar surface area (TPSA) is 137 Å². The van der Waals surface area contributed by atoms with Crippen molar-refractivity contribution < 1.29 is 17.7 Å². The molecule has 0 N–H and O–H groups in total. The molecule has 13 rings (SSSR count). The molecule has 0 radical (unpaired) electrons. The van der Waals surface area contributed by atoms with Crippen LogP contribution in [-0.2, 0) is 0 Å². The van der Waals surface area contributed by atoms with Crippen molar-refractivity contribution >= 4 is 83.5 Å². The van der Waals surface area contributed by atoms with E-state index in [4.69, 9.17) is 24.2 Å². The van der Waals surface area contributed by atoms with Crippen LogP contribution < -0.4 is 0 Å². The van der Waals surface area contributed by atoms with Gasteiger partial charge in [0.1, 0.15) is 11.0 Å². The number of benzene rings is 9. The predicted molar refractivity (Wildman–Crippen MR) is 262 cm³/mol. The van der Waals surface area contributed by atoms with Gasteiger partial charge < -0.3 is 17.7 Å². The molecule has 68 heavy (non-hydrogen) atoms. The average molecular weight is 873 g/mol. The molecule has 0 atom stereocenters. The number of nitriles is 3. The SMILES string of the molecule is [C-]#[N+]c1ccc(-c2ccc3c(c2)oc2c4oc5cc(-c6ccc(C#N)cc6)ccc5n5c6ccc(-c7ccc(C#N)cc7)cc6oc(c6oc7cc(-c8ccc(C#N)cc8)ccc7n3c62)c45)cc1. The van der Waals surface area contributed by atoms with Crippen molar-refractivity contribution in [1.29, 1.82) is 15.8 Å². The molecule has 0 aliphatic heterocycles. The van der Waals surface area contributed by atoms with Gasteiger partial charge in [0.15, 0.2) is 50.4 Å². The van der Waals surface area contributed by atoms with E-state index in [0.717, 1.165) is 66.6 Å². The number of nitrogens with zero attached hydrogens (tertiary/aromatic N) is 6. The number of hydrogen-bond donors (Lipinski definition) is 0. The fourth-order valence-corrected chi connectivity index (χ4v) is 9.38. The quantitative estimate of drug-likeness (QED) is 0.0975. The molecule has 0 aliphatic rings. The van der Waals surface area contributed by atoms with Crippen LogP contribution in [0.5, 0.6) is 0 Å². The Morgan fingerprint density at radius 1 is 0.338 bits per heavy atom. The van der Waals surface area contributed by atoms with Crippen molar-refractivity contribution in [3.05, 3.63) is 198 Å². The van der Waals surface area contributed by atoms with Crippen LogP contribution in [0.1, 0.15) is 16.7 Å². The van der Waals surface area contributed by atoms with Gasteiger partial charge in [-0.3, -0.25) is 8.80 Å². The lowest BCUT2D eigenvalue weighted by Crippen LogP contribution is -2.02. The van der Waals surface area contributed by atoms with Gasteiger partial charge >= 0.3 is 0 Å². The van der Waals surface area contributed by atoms with Gasteiger partial charge in [0.05, 0.1) is 63.5 Å². The third-order valence-electron chi connectivity index (χ3n) is 12.7. The Kier molecular flexibility index (Phi) is 8.23. The van der Waals surface area contributed by atoms with E-state index in [2.05, 4.69) is 31.9 Å². The molecule has 0 fully saturated rings. The predicted octanol–water partition coefficient (Wildman–Crippen LogP) is 15.4. The number of hydrogen-bond acceptors (Lipinski definition) is 7. The molecular weight excluding hydrogens is 845 g/mol. The van der Waals surface area contributed by atoms with Crippen LogP contribution >= 0.6 is 0 Å². The molecule has 0 unspecified atom stereocenters. The van der Waals surface area contributed by atoms with E-state index >= 15 is 0 Å². The molecular formula is C58H28N6O4. The Morgan fingerprint density at radius 3 is 0.838 bits per heavy atom. The molecule has 10 nitrogen and oxygen atoms in total. The second kappa shape index (κ2) is 14.6. The van der Waals surface area contributed by atoms with E-state index in [0.29, 0.717) is 78.1 Å². The summed E-state index contributed by atoms with van der Waals surface area (Å²) in [7, 11) is 0. The highest BCUT2D eigenvalue weighted by molar-refractivity contribution is 6.20. The van der Waals surface area contributed by atoms with Crippen LogP contribution in [0.15, 0.2) is 188 Å². The Balaban J connectivity index is 1.19. The zero-order valence-electron chi connectivity index (χ0n) is 35.5. The highest BCUT2D eigenvalue weighted by atomic mass is 16.4. The maximum absolute atomic E-state index is 9.52. The zero-order valence-corrected chi connectivity index (χ0v) is 35.5. The molecule has 4 aromatic heterocycles. The molecule has 0 saturated carbocycles. The number of aromatic nitrogens is 2. The van der Waals surface area contributed by atoms with Gasteiger partial charge in [0.25, 0.3) is 0 Å². The van der Waals surface area contributed by atoms with E-state index in [-0.39, 0.29) is 0 Å². The lowest BCUT2D eigenvalue weighted by atomic mass is 10.0. The van der Waals surface area contributed by atoms with Crippen LogP contribution in [0.4, 0.5) is 5.69 Å². The second-order valence-corrected chi connectivity index (χ2v) is 16.5. The summed E-state index contributed by atoms with van der Waals surface area (Å²) in [6, 6.07) is 60.7. The first-order valence-electron chi connectivity index (χ1n) is 21.6. The average Bonchev–Trinajstić information content (AvgIpc) is 3.41. The summed E-state index contributed by atoms with van der Waals surface area (Å²) in [4.78, 5) is 3.58. The standard InChI is InChI=1S/C58H28N6O4/c1-62-44-20-14-39(15-21-44)43-19-25-48-52(29-43)68-58-54-56(66-51-28-42(18-24-47(51)64(48)54)38-12-6-35(32-61)7-13-38)55-53-57(58)67-50-27-41(37-10-4-34(31-60)5-11-37)17-23-46(50)63(53)45-22-16-40(26-49(45)65-55)36-8-2-33(30-59)3-9-36/h2-29H. The van der Waals surface area contributed by atoms with Crippen LogP contribution in [0, 0.1) is 40.6 Å². The molecule has 9 aromatic carbocycles. The van der Waals surface area contributed by atoms with Gasteiger partial charge in [-0.25, -0.2) is 4.85 Å². The van der Waals surface area contributed by atoms with Gasteiger partial charge in [0, 0.05) is 0 Å². The fourth-order valence-electron chi connectivity index (χ4n) is 9.38. The van der Waals surface area contributed by atoms with Gasteiger partial charge in [-0.2, -0.15) is 15.8 Å². The van der Waals surface area contributed by atoms with Crippen molar-refractivity contribution in [3.8, 4) is 62.7 Å². The van der Waals surface area contributed by atoms with Crippen molar-refractivity contribution in [1.82, 2.24) is 8.80 Å². The molecule has 0 bridgehead atoms. The molecule has 10 heteroatoms. The summed E-state index contributed by atoms with van der Waals surface area (Å²) in [6.07, 6.45) is 0. The minimum Gasteiger partial charge on any atom is -0.449 e. The zero-order chi connectivity index (χ0) is 45.6. The fraction of sp³-hybridized carbons (Fsp3) is 0. The lowest BCUT2D eigenvalue weighted by Gasteiger charge is -2.19. The monoisotopic (exact) mass is 872 g/mol. The van der Waals surface area contributed by atoms with Gasteiger partial charge in [-0.05, 0) is 129 Å². The Hall–Kier alpha value is -10.3. The summed E-state index contributed by atoms with van der Waals surface area (Å²) >= 11 is 0. The molecule has 13 aromatic rings. The van der Waals surface area contributed by atoms with E-state index in [1.165, 1.54) is 0 Å². The first-order chi connectivity index (χ1) is 33.5. The van der Waals surface area contributed by atoms with Crippen LogP contribution in [0.2, 0.25) is 0 Å².